The van der Waals surface area contributed by atoms with E-state index in [1.54, 1.807) is 11.9 Å². The molecule has 5 nitrogen and oxygen atoms in total. The maximum absolute atomic E-state index is 12.4. The number of nitrogens with one attached hydrogen (secondary N) is 2. The minimum absolute atomic E-state index is 0.131. The Morgan fingerprint density at radius 2 is 1.45 bits per heavy atom. The first-order valence-corrected chi connectivity index (χ1v) is 10.2. The van der Waals surface area contributed by atoms with E-state index in [4.69, 9.17) is 0 Å². The molecule has 0 saturated carbocycles. The average Bonchev–Trinajstić information content (AvgIpc) is 2.64. The number of nitrogens with zero attached hydrogens (tertiary/aromatic N) is 1. The molecular weight excluding hydrogens is 362 g/mol. The molecule has 29 heavy (non-hydrogen) atoms. The molecule has 156 valence electrons. The van der Waals surface area contributed by atoms with Gasteiger partial charge < -0.3 is 10.6 Å². The maximum atomic E-state index is 12.4. The predicted molar refractivity (Wildman–Crippen MR) is 121 cm³/mol. The van der Waals surface area contributed by atoms with Crippen LogP contribution in [-0.2, 0) is 9.59 Å². The molecule has 2 rings (SSSR count). The van der Waals surface area contributed by atoms with Gasteiger partial charge in [0.2, 0.25) is 11.8 Å². The Kier molecular flexibility index (Phi) is 7.97. The van der Waals surface area contributed by atoms with Crippen LogP contribution in [0, 0.1) is 20.8 Å². The zero-order valence-electron chi connectivity index (χ0n) is 18.4. The van der Waals surface area contributed by atoms with E-state index in [1.807, 2.05) is 57.2 Å². The quantitative estimate of drug-likeness (QED) is 0.685. The van der Waals surface area contributed by atoms with Crippen molar-refractivity contribution in [3.63, 3.8) is 0 Å². The lowest BCUT2D eigenvalue weighted by Gasteiger charge is -2.18. The monoisotopic (exact) mass is 395 g/mol. The summed E-state index contributed by atoms with van der Waals surface area (Å²) in [4.78, 5) is 26.4. The third-order valence-corrected chi connectivity index (χ3v) is 5.14. The zero-order chi connectivity index (χ0) is 21.6. The minimum atomic E-state index is -0.140. The van der Waals surface area contributed by atoms with Gasteiger partial charge in [-0.3, -0.25) is 14.5 Å². The number of anilines is 2. The van der Waals surface area contributed by atoms with E-state index in [9.17, 15) is 9.59 Å². The molecule has 2 aromatic carbocycles. The molecule has 0 spiro atoms. The second kappa shape index (κ2) is 10.2. The Hall–Kier alpha value is -2.66. The first kappa shape index (κ1) is 22.6. The van der Waals surface area contributed by atoms with Crippen LogP contribution in [0.5, 0.6) is 0 Å². The van der Waals surface area contributed by atoms with Crippen LogP contribution in [0.15, 0.2) is 36.4 Å². The van der Waals surface area contributed by atoms with Gasteiger partial charge in [-0.15, -0.1) is 0 Å². The molecule has 0 bridgehead atoms. The fourth-order valence-electron chi connectivity index (χ4n) is 3.43. The Balaban J connectivity index is 1.86. The molecule has 0 aliphatic rings. The fourth-order valence-corrected chi connectivity index (χ4v) is 3.43. The molecule has 0 aromatic heterocycles. The molecule has 0 heterocycles. The summed E-state index contributed by atoms with van der Waals surface area (Å²) in [7, 11) is 1.76. The first-order chi connectivity index (χ1) is 13.7. The van der Waals surface area contributed by atoms with E-state index >= 15 is 0 Å². The van der Waals surface area contributed by atoms with Gasteiger partial charge in [0.1, 0.15) is 0 Å². The summed E-state index contributed by atoms with van der Waals surface area (Å²) in [6.45, 7) is 10.6. The van der Waals surface area contributed by atoms with Crippen LogP contribution in [0.25, 0.3) is 0 Å². The van der Waals surface area contributed by atoms with Gasteiger partial charge in [0, 0.05) is 11.4 Å². The summed E-state index contributed by atoms with van der Waals surface area (Å²) in [5.41, 5.74) is 6.13. The standard InChI is InChI=1S/C24H33N3O2/c1-7-17(3)20-8-10-21(11-9-20)25-22(28)14-27(6)15-23(29)26-24-18(4)12-16(2)13-19(24)5/h8-13,17H,7,14-15H2,1-6H3,(H,25,28)(H,26,29)/t17-/m0/s1. The summed E-state index contributed by atoms with van der Waals surface area (Å²) in [6.07, 6.45) is 1.08. The van der Waals surface area contributed by atoms with Crippen molar-refractivity contribution < 1.29 is 9.59 Å². The molecule has 0 saturated heterocycles. The normalized spacial score (nSPS) is 12.0. The Morgan fingerprint density at radius 1 is 0.931 bits per heavy atom. The highest BCUT2D eigenvalue weighted by Crippen LogP contribution is 2.22. The van der Waals surface area contributed by atoms with Gasteiger partial charge in [-0.05, 0) is 69.0 Å². The summed E-state index contributed by atoms with van der Waals surface area (Å²) in [5, 5.41) is 5.86. The number of hydrogen-bond acceptors (Lipinski definition) is 3. The molecule has 0 aliphatic heterocycles. The van der Waals surface area contributed by atoms with Gasteiger partial charge in [-0.25, -0.2) is 0 Å². The SMILES string of the molecule is CC[C@H](C)c1ccc(NC(=O)CN(C)CC(=O)Nc2c(C)cc(C)cc2C)cc1. The van der Waals surface area contributed by atoms with E-state index in [1.165, 1.54) is 11.1 Å². The van der Waals surface area contributed by atoms with Crippen molar-refractivity contribution in [2.24, 2.45) is 0 Å². The lowest BCUT2D eigenvalue weighted by atomic mass is 9.99. The van der Waals surface area contributed by atoms with Gasteiger partial charge in [0.05, 0.1) is 13.1 Å². The molecule has 0 radical (unpaired) electrons. The van der Waals surface area contributed by atoms with E-state index in [0.717, 1.165) is 28.9 Å². The molecule has 1 atom stereocenters. The van der Waals surface area contributed by atoms with Crippen molar-refractivity contribution in [3.8, 4) is 0 Å². The third kappa shape index (κ3) is 6.71. The third-order valence-electron chi connectivity index (χ3n) is 5.14. The van der Waals surface area contributed by atoms with E-state index in [0.29, 0.717) is 5.92 Å². The first-order valence-electron chi connectivity index (χ1n) is 10.2. The number of amides is 2. The Morgan fingerprint density at radius 3 is 1.97 bits per heavy atom. The highest BCUT2D eigenvalue weighted by Gasteiger charge is 2.13. The summed E-state index contributed by atoms with van der Waals surface area (Å²) < 4.78 is 0. The molecule has 0 aliphatic carbocycles. The maximum Gasteiger partial charge on any atom is 0.238 e. The van der Waals surface area contributed by atoms with Crippen molar-refractivity contribution in [2.45, 2.75) is 47.0 Å². The molecule has 5 heteroatoms. The van der Waals surface area contributed by atoms with Gasteiger partial charge in [0.15, 0.2) is 0 Å². The zero-order valence-corrected chi connectivity index (χ0v) is 18.4. The number of likely N-dealkylation sites (N-methyl/N-ethyl adjacent to an activating group) is 1. The lowest BCUT2D eigenvalue weighted by molar-refractivity contribution is -0.119. The van der Waals surface area contributed by atoms with Crippen LogP contribution in [0.3, 0.4) is 0 Å². The van der Waals surface area contributed by atoms with E-state index in [2.05, 4.69) is 24.5 Å². The molecule has 2 N–H and O–H groups in total. The average molecular weight is 396 g/mol. The Bertz CT molecular complexity index is 836. The van der Waals surface area contributed by atoms with Crippen molar-refractivity contribution in [1.82, 2.24) is 4.90 Å². The topological polar surface area (TPSA) is 61.4 Å². The van der Waals surface area contributed by atoms with E-state index < -0.39 is 0 Å². The molecule has 2 amide bonds. The van der Waals surface area contributed by atoms with Gasteiger partial charge in [-0.2, -0.15) is 0 Å². The van der Waals surface area contributed by atoms with E-state index in [-0.39, 0.29) is 24.9 Å². The Labute approximate surface area is 174 Å². The smallest absolute Gasteiger partial charge is 0.238 e. The van der Waals surface area contributed by atoms with Gasteiger partial charge in [0.25, 0.3) is 0 Å². The number of rotatable bonds is 8. The largest absolute Gasteiger partial charge is 0.325 e. The number of carbonyl (C=O) groups excluding carboxylic acids is 2. The molecule has 2 aromatic rings. The van der Waals surface area contributed by atoms with Gasteiger partial charge >= 0.3 is 0 Å². The molecular formula is C24H33N3O2. The molecule has 0 fully saturated rings. The lowest BCUT2D eigenvalue weighted by Crippen LogP contribution is -2.36. The van der Waals surface area contributed by atoms with Gasteiger partial charge in [-0.1, -0.05) is 43.7 Å². The van der Waals surface area contributed by atoms with Crippen LogP contribution in [0.1, 0.15) is 48.4 Å². The van der Waals surface area contributed by atoms with Crippen LogP contribution in [0.2, 0.25) is 0 Å². The number of hydrogen-bond donors (Lipinski definition) is 2. The van der Waals surface area contributed by atoms with Crippen LogP contribution in [0.4, 0.5) is 11.4 Å². The fraction of sp³-hybridized carbons (Fsp3) is 0.417. The summed E-state index contributed by atoms with van der Waals surface area (Å²) in [6, 6.07) is 12.0. The predicted octanol–water partition coefficient (Wildman–Crippen LogP) is 4.63. The molecule has 0 unspecified atom stereocenters. The highest BCUT2D eigenvalue weighted by molar-refractivity contribution is 5.95. The van der Waals surface area contributed by atoms with Crippen LogP contribution in [-0.4, -0.2) is 36.9 Å². The number of benzene rings is 2. The second-order valence-corrected chi connectivity index (χ2v) is 7.97. The van der Waals surface area contributed by atoms with Crippen LogP contribution < -0.4 is 10.6 Å². The number of carbonyl (C=O) groups is 2. The van der Waals surface area contributed by atoms with Crippen molar-refractivity contribution in [2.75, 3.05) is 30.8 Å². The van der Waals surface area contributed by atoms with Crippen LogP contribution >= 0.6 is 0 Å². The second-order valence-electron chi connectivity index (χ2n) is 7.97. The van der Waals surface area contributed by atoms with Crippen molar-refractivity contribution in [3.05, 3.63) is 58.7 Å². The van der Waals surface area contributed by atoms with Crippen molar-refractivity contribution in [1.29, 1.82) is 0 Å². The summed E-state index contributed by atoms with van der Waals surface area (Å²) in [5.74, 6) is 0.234. The number of aryl methyl sites for hydroxylation is 3. The highest BCUT2D eigenvalue weighted by atomic mass is 16.2. The summed E-state index contributed by atoms with van der Waals surface area (Å²) >= 11 is 0. The van der Waals surface area contributed by atoms with Crippen molar-refractivity contribution >= 4 is 23.2 Å². The minimum Gasteiger partial charge on any atom is -0.325 e.